The van der Waals surface area contributed by atoms with Crippen molar-refractivity contribution in [2.24, 2.45) is 0 Å². The summed E-state index contributed by atoms with van der Waals surface area (Å²) in [7, 11) is 0. The molecule has 2 aliphatic rings. The van der Waals surface area contributed by atoms with Gasteiger partial charge in [0.05, 0.1) is 6.10 Å². The van der Waals surface area contributed by atoms with Crippen LogP contribution in [0, 0.1) is 0 Å². The number of aliphatic carboxylic acids is 1. The van der Waals surface area contributed by atoms with Gasteiger partial charge in [0.2, 0.25) is 0 Å². The molecule has 0 spiro atoms. The molecule has 0 aromatic carbocycles. The van der Waals surface area contributed by atoms with Gasteiger partial charge in [-0.2, -0.15) is 0 Å². The molecule has 6 heteroatoms. The van der Waals surface area contributed by atoms with Gasteiger partial charge in [-0.05, 0) is 32.1 Å². The van der Waals surface area contributed by atoms with Crippen LogP contribution < -0.4 is 5.32 Å². The van der Waals surface area contributed by atoms with Gasteiger partial charge in [-0.3, -0.25) is 0 Å². The average Bonchev–Trinajstić information content (AvgIpc) is 3.04. The molecule has 2 saturated heterocycles. The van der Waals surface area contributed by atoms with Crippen molar-refractivity contribution in [2.45, 2.75) is 57.3 Å². The fourth-order valence-electron chi connectivity index (χ4n) is 2.87. The number of ether oxygens (including phenoxy) is 1. The molecule has 2 amide bonds. The lowest BCUT2D eigenvalue weighted by Gasteiger charge is -2.24. The molecule has 3 unspecified atom stereocenters. The zero-order valence-corrected chi connectivity index (χ0v) is 11.3. The van der Waals surface area contributed by atoms with Crippen molar-refractivity contribution in [1.82, 2.24) is 10.2 Å². The number of rotatable bonds is 4. The first kappa shape index (κ1) is 14.1. The van der Waals surface area contributed by atoms with Gasteiger partial charge >= 0.3 is 12.0 Å². The van der Waals surface area contributed by atoms with Crippen LogP contribution in [0.2, 0.25) is 0 Å². The van der Waals surface area contributed by atoms with Crippen LogP contribution in [0.4, 0.5) is 4.79 Å². The van der Waals surface area contributed by atoms with Crippen LogP contribution >= 0.6 is 0 Å². The summed E-state index contributed by atoms with van der Waals surface area (Å²) in [5.41, 5.74) is 0. The Labute approximate surface area is 113 Å². The van der Waals surface area contributed by atoms with E-state index in [1.807, 2.05) is 4.90 Å². The van der Waals surface area contributed by atoms with Crippen LogP contribution in [-0.2, 0) is 9.53 Å². The van der Waals surface area contributed by atoms with E-state index in [0.717, 1.165) is 25.8 Å². The Balaban J connectivity index is 1.74. The van der Waals surface area contributed by atoms with Gasteiger partial charge in [0, 0.05) is 19.1 Å². The summed E-state index contributed by atoms with van der Waals surface area (Å²) in [6.45, 7) is 3.30. The number of carbonyl (C=O) groups excluding carboxylic acids is 1. The maximum atomic E-state index is 12.0. The highest BCUT2D eigenvalue weighted by molar-refractivity contribution is 5.75. The van der Waals surface area contributed by atoms with Crippen molar-refractivity contribution in [2.75, 3.05) is 13.1 Å². The summed E-state index contributed by atoms with van der Waals surface area (Å²) >= 11 is 0. The number of carboxylic acids is 1. The van der Waals surface area contributed by atoms with Gasteiger partial charge in [-0.25, -0.2) is 9.59 Å². The van der Waals surface area contributed by atoms with E-state index in [2.05, 4.69) is 12.2 Å². The van der Waals surface area contributed by atoms with E-state index in [0.29, 0.717) is 25.4 Å². The molecule has 19 heavy (non-hydrogen) atoms. The number of hydrogen-bond donors (Lipinski definition) is 2. The molecule has 108 valence electrons. The van der Waals surface area contributed by atoms with Crippen LogP contribution in [0.1, 0.15) is 39.0 Å². The zero-order valence-electron chi connectivity index (χ0n) is 11.3. The van der Waals surface area contributed by atoms with Crippen molar-refractivity contribution >= 4 is 12.0 Å². The topological polar surface area (TPSA) is 78.9 Å². The molecule has 0 saturated carbocycles. The number of hydrogen-bond acceptors (Lipinski definition) is 3. The third-order valence-corrected chi connectivity index (χ3v) is 3.97. The van der Waals surface area contributed by atoms with Crippen molar-refractivity contribution in [3.63, 3.8) is 0 Å². The molecule has 0 radical (unpaired) electrons. The van der Waals surface area contributed by atoms with Gasteiger partial charge in [0.1, 0.15) is 0 Å². The Morgan fingerprint density at radius 2 is 2.16 bits per heavy atom. The third kappa shape index (κ3) is 3.37. The number of nitrogens with zero attached hydrogens (tertiary/aromatic N) is 1. The van der Waals surface area contributed by atoms with E-state index in [-0.39, 0.29) is 12.1 Å². The lowest BCUT2D eigenvalue weighted by molar-refractivity contribution is -0.149. The van der Waals surface area contributed by atoms with Gasteiger partial charge in [0.25, 0.3) is 0 Å². The van der Waals surface area contributed by atoms with Crippen molar-refractivity contribution in [3.8, 4) is 0 Å². The minimum absolute atomic E-state index is 0.0493. The molecule has 0 aromatic rings. The summed E-state index contributed by atoms with van der Waals surface area (Å²) in [5.74, 6) is -0.917. The Hall–Kier alpha value is -1.30. The maximum Gasteiger partial charge on any atom is 0.332 e. The van der Waals surface area contributed by atoms with Crippen LogP contribution in [0.5, 0.6) is 0 Å². The summed E-state index contributed by atoms with van der Waals surface area (Å²) in [6.07, 6.45) is 3.45. The van der Waals surface area contributed by atoms with Crippen LogP contribution in [-0.4, -0.2) is 53.3 Å². The maximum absolute atomic E-state index is 12.0. The Kier molecular flexibility index (Phi) is 4.63. The summed E-state index contributed by atoms with van der Waals surface area (Å²) < 4.78 is 5.36. The largest absolute Gasteiger partial charge is 0.479 e. The van der Waals surface area contributed by atoms with E-state index in [9.17, 15) is 9.59 Å². The monoisotopic (exact) mass is 270 g/mol. The van der Waals surface area contributed by atoms with E-state index >= 15 is 0 Å². The molecule has 6 nitrogen and oxygen atoms in total. The zero-order chi connectivity index (χ0) is 13.8. The quantitative estimate of drug-likeness (QED) is 0.804. The van der Waals surface area contributed by atoms with E-state index < -0.39 is 12.1 Å². The number of urea groups is 1. The number of carboxylic acid groups (broad SMARTS) is 1. The second-order valence-corrected chi connectivity index (χ2v) is 5.25. The van der Waals surface area contributed by atoms with Crippen molar-refractivity contribution < 1.29 is 19.4 Å². The minimum atomic E-state index is -0.917. The number of carbonyl (C=O) groups is 2. The molecule has 2 aliphatic heterocycles. The summed E-state index contributed by atoms with van der Waals surface area (Å²) in [4.78, 5) is 24.7. The highest BCUT2D eigenvalue weighted by atomic mass is 16.5. The third-order valence-electron chi connectivity index (χ3n) is 3.97. The Morgan fingerprint density at radius 3 is 2.79 bits per heavy atom. The smallest absolute Gasteiger partial charge is 0.332 e. The SMILES string of the molecule is CCC1CCCN1C(=O)NCC1CCC(C(=O)O)O1. The number of amides is 2. The highest BCUT2D eigenvalue weighted by Gasteiger charge is 2.32. The molecule has 2 heterocycles. The van der Waals surface area contributed by atoms with Gasteiger partial charge in [-0.1, -0.05) is 6.92 Å². The van der Waals surface area contributed by atoms with Gasteiger partial charge in [0.15, 0.2) is 6.10 Å². The average molecular weight is 270 g/mol. The van der Waals surface area contributed by atoms with E-state index in [1.165, 1.54) is 0 Å². The first-order valence-electron chi connectivity index (χ1n) is 7.04. The number of nitrogens with one attached hydrogen (secondary N) is 1. The van der Waals surface area contributed by atoms with E-state index in [4.69, 9.17) is 9.84 Å². The highest BCUT2D eigenvalue weighted by Crippen LogP contribution is 2.21. The molecular weight excluding hydrogens is 248 g/mol. The molecule has 0 aromatic heterocycles. The predicted molar refractivity (Wildman–Crippen MR) is 68.9 cm³/mol. The molecular formula is C13H22N2O4. The lowest BCUT2D eigenvalue weighted by Crippen LogP contribution is -2.45. The molecule has 0 aliphatic carbocycles. The molecule has 2 rings (SSSR count). The van der Waals surface area contributed by atoms with Crippen LogP contribution in [0.3, 0.4) is 0 Å². The minimum Gasteiger partial charge on any atom is -0.479 e. The normalized spacial score (nSPS) is 30.6. The fourth-order valence-corrected chi connectivity index (χ4v) is 2.87. The molecule has 3 atom stereocenters. The standard InChI is InChI=1S/C13H22N2O4/c1-2-9-4-3-7-15(9)13(18)14-8-10-5-6-11(19-10)12(16)17/h9-11H,2-8H2,1H3,(H,14,18)(H,16,17). The van der Waals surface area contributed by atoms with E-state index in [1.54, 1.807) is 0 Å². The predicted octanol–water partition coefficient (Wildman–Crippen LogP) is 1.20. The van der Waals surface area contributed by atoms with Crippen LogP contribution in [0.25, 0.3) is 0 Å². The fraction of sp³-hybridized carbons (Fsp3) is 0.846. The first-order valence-corrected chi connectivity index (χ1v) is 7.04. The van der Waals surface area contributed by atoms with Crippen molar-refractivity contribution in [3.05, 3.63) is 0 Å². The lowest BCUT2D eigenvalue weighted by atomic mass is 10.2. The van der Waals surface area contributed by atoms with Gasteiger partial charge in [-0.15, -0.1) is 0 Å². The Bertz CT molecular complexity index is 348. The van der Waals surface area contributed by atoms with Gasteiger partial charge < -0.3 is 20.1 Å². The molecule has 2 N–H and O–H groups in total. The molecule has 2 fully saturated rings. The van der Waals surface area contributed by atoms with Crippen molar-refractivity contribution in [1.29, 1.82) is 0 Å². The second-order valence-electron chi connectivity index (χ2n) is 5.25. The molecule has 0 bridgehead atoms. The Morgan fingerprint density at radius 1 is 1.37 bits per heavy atom. The number of likely N-dealkylation sites (tertiary alicyclic amines) is 1. The van der Waals surface area contributed by atoms with Crippen LogP contribution in [0.15, 0.2) is 0 Å². The second kappa shape index (κ2) is 6.23. The first-order chi connectivity index (χ1) is 9.11. The summed E-state index contributed by atoms with van der Waals surface area (Å²) in [6, 6.07) is 0.294. The summed E-state index contributed by atoms with van der Waals surface area (Å²) in [5, 5.41) is 11.7.